The molecule has 5 rings (SSSR count). The number of likely N-dealkylation sites (tertiary alicyclic amines) is 2. The molecule has 3 aromatic rings. The Morgan fingerprint density at radius 1 is 1.16 bits per heavy atom. The van der Waals surface area contributed by atoms with Crippen molar-refractivity contribution in [2.24, 2.45) is 5.41 Å². The molecule has 4 heterocycles. The zero-order valence-corrected chi connectivity index (χ0v) is 19.0. The van der Waals surface area contributed by atoms with Gasteiger partial charge in [-0.2, -0.15) is 10.1 Å². The van der Waals surface area contributed by atoms with Crippen molar-refractivity contribution in [3.8, 4) is 0 Å². The SMILES string of the molecule is Cc1cc(C)n(CCC(=O)N2CC3(CN(Cc4ccccc4)CC3c3nc(C)no3)C2)n1. The summed E-state index contributed by atoms with van der Waals surface area (Å²) in [7, 11) is 0. The molecule has 1 aromatic carbocycles. The van der Waals surface area contributed by atoms with E-state index in [1.54, 1.807) is 0 Å². The number of carbonyl (C=O) groups excluding carboxylic acids is 1. The fourth-order valence-corrected chi connectivity index (χ4v) is 5.30. The lowest BCUT2D eigenvalue weighted by Gasteiger charge is -2.50. The van der Waals surface area contributed by atoms with Crippen molar-refractivity contribution in [1.29, 1.82) is 0 Å². The van der Waals surface area contributed by atoms with Crippen molar-refractivity contribution in [3.05, 3.63) is 65.1 Å². The van der Waals surface area contributed by atoms with Crippen molar-refractivity contribution >= 4 is 5.91 Å². The minimum atomic E-state index is -0.0262. The van der Waals surface area contributed by atoms with Crippen LogP contribution >= 0.6 is 0 Å². The number of carbonyl (C=O) groups is 1. The molecule has 0 bridgehead atoms. The fourth-order valence-electron chi connectivity index (χ4n) is 5.30. The summed E-state index contributed by atoms with van der Waals surface area (Å²) in [6.07, 6.45) is 0.468. The van der Waals surface area contributed by atoms with Gasteiger partial charge in [0.15, 0.2) is 5.82 Å². The molecular weight excluding hydrogens is 404 g/mol. The summed E-state index contributed by atoms with van der Waals surface area (Å²) in [4.78, 5) is 21.9. The van der Waals surface area contributed by atoms with Crippen LogP contribution in [0.15, 0.2) is 40.9 Å². The molecule has 1 atom stereocenters. The van der Waals surface area contributed by atoms with Crippen molar-refractivity contribution < 1.29 is 9.32 Å². The molecule has 168 valence electrons. The van der Waals surface area contributed by atoms with Gasteiger partial charge in [0.1, 0.15) is 0 Å². The van der Waals surface area contributed by atoms with Gasteiger partial charge in [-0.1, -0.05) is 35.5 Å². The summed E-state index contributed by atoms with van der Waals surface area (Å²) in [5, 5.41) is 8.50. The van der Waals surface area contributed by atoms with Crippen LogP contribution in [0, 0.1) is 26.2 Å². The molecular formula is C24H30N6O2. The van der Waals surface area contributed by atoms with Gasteiger partial charge in [-0.15, -0.1) is 0 Å². The molecule has 2 aromatic heterocycles. The number of aromatic nitrogens is 4. The number of hydrogen-bond acceptors (Lipinski definition) is 6. The Balaban J connectivity index is 1.26. The molecule has 8 heteroatoms. The van der Waals surface area contributed by atoms with Crippen LogP contribution < -0.4 is 0 Å². The highest BCUT2D eigenvalue weighted by Gasteiger charge is 2.57. The average molecular weight is 435 g/mol. The predicted octanol–water partition coefficient (Wildman–Crippen LogP) is 2.71. The Hall–Kier alpha value is -3.00. The topological polar surface area (TPSA) is 80.3 Å². The van der Waals surface area contributed by atoms with Gasteiger partial charge in [-0.3, -0.25) is 14.4 Å². The van der Waals surface area contributed by atoms with Crippen molar-refractivity contribution in [2.75, 3.05) is 26.2 Å². The van der Waals surface area contributed by atoms with Crippen LogP contribution in [0.25, 0.3) is 0 Å². The molecule has 0 saturated carbocycles. The van der Waals surface area contributed by atoms with E-state index < -0.39 is 0 Å². The van der Waals surface area contributed by atoms with E-state index in [1.807, 2.05) is 42.5 Å². The zero-order valence-electron chi connectivity index (χ0n) is 19.0. The number of hydrogen-bond donors (Lipinski definition) is 0. The predicted molar refractivity (Wildman–Crippen MR) is 119 cm³/mol. The number of aryl methyl sites for hydroxylation is 4. The first-order chi connectivity index (χ1) is 15.4. The first kappa shape index (κ1) is 20.9. The maximum absolute atomic E-state index is 12.9. The lowest BCUT2D eigenvalue weighted by molar-refractivity contribution is -0.144. The highest BCUT2D eigenvalue weighted by molar-refractivity contribution is 5.77. The molecule has 2 aliphatic rings. The van der Waals surface area contributed by atoms with Gasteiger partial charge in [0.25, 0.3) is 0 Å². The minimum Gasteiger partial charge on any atom is -0.341 e. The van der Waals surface area contributed by atoms with Gasteiger partial charge < -0.3 is 9.42 Å². The van der Waals surface area contributed by atoms with E-state index in [0.717, 1.165) is 44.1 Å². The largest absolute Gasteiger partial charge is 0.341 e. The standard InChI is InChI=1S/C24H30N6O2/c1-17-11-18(2)30(26-17)10-9-22(31)29-15-24(16-29)14-28(12-20-7-5-4-6-8-20)13-21(24)23-25-19(3)27-32-23/h4-8,11,21H,9-10,12-16H2,1-3H3. The van der Waals surface area contributed by atoms with Crippen LogP contribution in [0.5, 0.6) is 0 Å². The molecule has 0 N–H and O–H groups in total. The molecule has 1 spiro atoms. The summed E-state index contributed by atoms with van der Waals surface area (Å²) in [5.41, 5.74) is 3.35. The lowest BCUT2D eigenvalue weighted by atomic mass is 9.71. The Labute approximate surface area is 188 Å². The molecule has 1 amide bonds. The van der Waals surface area contributed by atoms with E-state index in [0.29, 0.717) is 24.7 Å². The van der Waals surface area contributed by atoms with Crippen molar-refractivity contribution in [3.63, 3.8) is 0 Å². The molecule has 2 saturated heterocycles. The van der Waals surface area contributed by atoms with Crippen molar-refractivity contribution in [1.82, 2.24) is 29.7 Å². The quantitative estimate of drug-likeness (QED) is 0.594. The van der Waals surface area contributed by atoms with Gasteiger partial charge >= 0.3 is 0 Å². The molecule has 0 aliphatic carbocycles. The third-order valence-corrected chi connectivity index (χ3v) is 6.81. The summed E-state index contributed by atoms with van der Waals surface area (Å²) < 4.78 is 7.51. The Morgan fingerprint density at radius 2 is 1.94 bits per heavy atom. The monoisotopic (exact) mass is 434 g/mol. The zero-order chi connectivity index (χ0) is 22.3. The van der Waals surface area contributed by atoms with Gasteiger partial charge in [0.05, 0.1) is 11.6 Å². The second kappa shape index (κ2) is 8.16. The summed E-state index contributed by atoms with van der Waals surface area (Å²) in [6, 6.07) is 12.6. The normalized spacial score (nSPS) is 20.1. The second-order valence-electron chi connectivity index (χ2n) is 9.40. The third-order valence-electron chi connectivity index (χ3n) is 6.81. The number of nitrogens with zero attached hydrogens (tertiary/aromatic N) is 6. The molecule has 8 nitrogen and oxygen atoms in total. The summed E-state index contributed by atoms with van der Waals surface area (Å²) in [6.45, 7) is 10.6. The van der Waals surface area contributed by atoms with Crippen LogP contribution in [0.3, 0.4) is 0 Å². The van der Waals surface area contributed by atoms with Crippen LogP contribution in [0.1, 0.15) is 41.0 Å². The average Bonchev–Trinajstić information content (AvgIpc) is 3.42. The minimum absolute atomic E-state index is 0.0262. The van der Waals surface area contributed by atoms with Gasteiger partial charge in [-0.05, 0) is 32.4 Å². The van der Waals surface area contributed by atoms with Gasteiger partial charge in [-0.25, -0.2) is 0 Å². The van der Waals surface area contributed by atoms with Crippen LogP contribution in [0.4, 0.5) is 0 Å². The molecule has 2 fully saturated rings. The number of amides is 1. The number of benzene rings is 1. The number of rotatable bonds is 6. The van der Waals surface area contributed by atoms with E-state index in [1.165, 1.54) is 5.56 Å². The Morgan fingerprint density at radius 3 is 2.59 bits per heavy atom. The Bertz CT molecular complexity index is 1100. The van der Waals surface area contributed by atoms with Crippen LogP contribution in [-0.2, 0) is 17.9 Å². The van der Waals surface area contributed by atoms with E-state index >= 15 is 0 Å². The molecule has 32 heavy (non-hydrogen) atoms. The van der Waals surface area contributed by atoms with Gasteiger partial charge in [0, 0.05) is 56.8 Å². The van der Waals surface area contributed by atoms with E-state index in [2.05, 4.69) is 44.4 Å². The summed E-state index contributed by atoms with van der Waals surface area (Å²) in [5.74, 6) is 1.69. The van der Waals surface area contributed by atoms with Gasteiger partial charge in [0.2, 0.25) is 11.8 Å². The Kier molecular flexibility index (Phi) is 5.33. The lowest BCUT2D eigenvalue weighted by Crippen LogP contribution is -2.61. The maximum atomic E-state index is 12.9. The first-order valence-electron chi connectivity index (χ1n) is 11.3. The molecule has 0 radical (unpaired) electrons. The van der Waals surface area contributed by atoms with Crippen LogP contribution in [-0.4, -0.2) is 61.8 Å². The van der Waals surface area contributed by atoms with Crippen molar-refractivity contribution in [2.45, 2.75) is 46.2 Å². The second-order valence-corrected chi connectivity index (χ2v) is 9.40. The molecule has 1 unspecified atom stereocenters. The fraction of sp³-hybridized carbons (Fsp3) is 0.500. The van der Waals surface area contributed by atoms with E-state index in [9.17, 15) is 4.79 Å². The first-order valence-corrected chi connectivity index (χ1v) is 11.3. The highest BCUT2D eigenvalue weighted by Crippen LogP contribution is 2.49. The highest BCUT2D eigenvalue weighted by atomic mass is 16.5. The molecule has 2 aliphatic heterocycles. The third kappa shape index (κ3) is 3.95. The van der Waals surface area contributed by atoms with E-state index in [4.69, 9.17) is 4.52 Å². The van der Waals surface area contributed by atoms with E-state index in [-0.39, 0.29) is 17.2 Å². The van der Waals surface area contributed by atoms with Crippen LogP contribution in [0.2, 0.25) is 0 Å². The summed E-state index contributed by atoms with van der Waals surface area (Å²) >= 11 is 0. The maximum Gasteiger partial charge on any atom is 0.231 e. The smallest absolute Gasteiger partial charge is 0.231 e.